The molecule has 222 valence electrons. The largest absolute Gasteiger partial charge is 0.490 e. The monoisotopic (exact) mass is 581 g/mol. The Hall–Kier alpha value is -3.43. The number of benzene rings is 1. The van der Waals surface area contributed by atoms with Gasteiger partial charge in [-0.25, -0.2) is 9.59 Å². The maximum Gasteiger partial charge on any atom is 0.490 e. The number of aliphatic carboxylic acids is 2. The fourth-order valence-electron chi connectivity index (χ4n) is 4.16. The minimum absolute atomic E-state index is 0.109. The molecule has 9 nitrogen and oxygen atoms in total. The molecule has 15 heteroatoms. The standard InChI is InChI=1S/C21H27N3O2.2C2HF3O2/c25-14-13-24-11-8-21(9-12-24)15-19(18-6-1-2-7-20(18)26-21)23-16-17-5-3-4-10-22-17;2*3-2(4,5)1(6)7/h1-7,10,19,23,25H,8-9,11-16H2;2*(H,6,7). The molecule has 1 aromatic carbocycles. The van der Waals surface area contributed by atoms with Gasteiger partial charge < -0.3 is 30.3 Å². The first kappa shape index (κ1) is 32.8. The van der Waals surface area contributed by atoms with Crippen molar-refractivity contribution in [2.24, 2.45) is 0 Å². The SMILES string of the molecule is O=C(O)C(F)(F)F.O=C(O)C(F)(F)F.OCCN1CCC2(CC1)CC(NCc1ccccn1)c1ccccc1O2. The molecule has 1 saturated heterocycles. The van der Waals surface area contributed by atoms with Crippen molar-refractivity contribution in [1.82, 2.24) is 15.2 Å². The van der Waals surface area contributed by atoms with Crippen LogP contribution >= 0.6 is 0 Å². The molecular formula is C25H29F6N3O6. The molecule has 1 spiro atoms. The average Bonchev–Trinajstić information content (AvgIpc) is 2.89. The Kier molecular flexibility index (Phi) is 11.7. The molecule has 40 heavy (non-hydrogen) atoms. The number of para-hydroxylation sites is 1. The molecule has 1 aromatic heterocycles. The Balaban J connectivity index is 0.000000333. The normalized spacial score (nSPS) is 18.2. The van der Waals surface area contributed by atoms with Gasteiger partial charge in [0.2, 0.25) is 0 Å². The van der Waals surface area contributed by atoms with Crippen molar-refractivity contribution in [3.63, 3.8) is 0 Å². The number of carboxylic acid groups (broad SMARTS) is 2. The van der Waals surface area contributed by atoms with E-state index in [0.717, 1.165) is 56.9 Å². The van der Waals surface area contributed by atoms with Gasteiger partial charge in [-0.1, -0.05) is 24.3 Å². The van der Waals surface area contributed by atoms with E-state index in [9.17, 15) is 31.4 Å². The number of fused-ring (bicyclic) bond motifs is 1. The molecule has 2 aliphatic rings. The molecule has 4 rings (SSSR count). The number of carboxylic acids is 2. The zero-order valence-electron chi connectivity index (χ0n) is 21.1. The number of halogens is 6. The third-order valence-electron chi connectivity index (χ3n) is 6.12. The second-order valence-electron chi connectivity index (χ2n) is 8.95. The number of nitrogens with zero attached hydrogens (tertiary/aromatic N) is 2. The summed E-state index contributed by atoms with van der Waals surface area (Å²) in [5, 5.41) is 27.1. The quantitative estimate of drug-likeness (QED) is 0.390. The molecule has 1 atom stereocenters. The second kappa shape index (κ2) is 14.3. The number of β-amino-alcohol motifs (C(OH)–C–C–N with tert-alkyl or cyclic N) is 1. The predicted molar refractivity (Wildman–Crippen MR) is 128 cm³/mol. The first-order chi connectivity index (χ1) is 18.7. The summed E-state index contributed by atoms with van der Waals surface area (Å²) in [7, 11) is 0. The summed E-state index contributed by atoms with van der Waals surface area (Å²) in [6, 6.07) is 14.7. The van der Waals surface area contributed by atoms with E-state index in [4.69, 9.17) is 24.5 Å². The number of rotatable bonds is 5. The highest BCUT2D eigenvalue weighted by molar-refractivity contribution is 5.73. The van der Waals surface area contributed by atoms with Crippen LogP contribution < -0.4 is 10.1 Å². The Morgan fingerprint density at radius 3 is 2.02 bits per heavy atom. The Morgan fingerprint density at radius 1 is 0.975 bits per heavy atom. The number of aliphatic hydroxyl groups excluding tert-OH is 1. The number of carbonyl (C=O) groups is 2. The number of aliphatic hydroxyl groups is 1. The van der Waals surface area contributed by atoms with Crippen LogP contribution in [0.5, 0.6) is 5.75 Å². The van der Waals surface area contributed by atoms with E-state index in [1.807, 2.05) is 18.3 Å². The number of alkyl halides is 6. The Labute approximate surface area is 225 Å². The van der Waals surface area contributed by atoms with E-state index in [0.29, 0.717) is 0 Å². The predicted octanol–water partition coefficient (Wildman–Crippen LogP) is 3.79. The van der Waals surface area contributed by atoms with Crippen LogP contribution in [0.15, 0.2) is 48.7 Å². The van der Waals surface area contributed by atoms with Crippen molar-refractivity contribution >= 4 is 11.9 Å². The van der Waals surface area contributed by atoms with E-state index in [1.54, 1.807) is 0 Å². The van der Waals surface area contributed by atoms with E-state index in [-0.39, 0.29) is 18.2 Å². The molecule has 2 aliphatic heterocycles. The summed E-state index contributed by atoms with van der Waals surface area (Å²) in [5.74, 6) is -4.51. The lowest BCUT2D eigenvalue weighted by Crippen LogP contribution is -2.52. The molecule has 1 unspecified atom stereocenters. The van der Waals surface area contributed by atoms with Crippen molar-refractivity contribution in [1.29, 1.82) is 0 Å². The number of pyridine rings is 1. The molecule has 0 saturated carbocycles. The summed E-state index contributed by atoms with van der Waals surface area (Å²) < 4.78 is 70.0. The topological polar surface area (TPSA) is 132 Å². The molecule has 0 amide bonds. The number of aromatic nitrogens is 1. The molecule has 0 aliphatic carbocycles. The van der Waals surface area contributed by atoms with Crippen molar-refractivity contribution in [3.05, 3.63) is 59.9 Å². The molecular weight excluding hydrogens is 552 g/mol. The van der Waals surface area contributed by atoms with Gasteiger partial charge in [-0.05, 0) is 31.0 Å². The number of nitrogens with one attached hydrogen (secondary N) is 1. The molecule has 0 radical (unpaired) electrons. The minimum Gasteiger partial charge on any atom is -0.487 e. The van der Waals surface area contributed by atoms with Gasteiger partial charge in [0.25, 0.3) is 0 Å². The fraction of sp³-hybridized carbons (Fsp3) is 0.480. The number of piperidine rings is 1. The molecule has 3 heterocycles. The third kappa shape index (κ3) is 10.3. The smallest absolute Gasteiger partial charge is 0.487 e. The summed E-state index contributed by atoms with van der Waals surface area (Å²) in [4.78, 5) is 24.5. The molecule has 4 N–H and O–H groups in total. The van der Waals surface area contributed by atoms with E-state index < -0.39 is 24.3 Å². The third-order valence-corrected chi connectivity index (χ3v) is 6.12. The minimum atomic E-state index is -5.08. The van der Waals surface area contributed by atoms with Crippen LogP contribution in [0.4, 0.5) is 26.3 Å². The van der Waals surface area contributed by atoms with Gasteiger partial charge in [-0.2, -0.15) is 26.3 Å². The fourth-order valence-corrected chi connectivity index (χ4v) is 4.16. The van der Waals surface area contributed by atoms with Crippen LogP contribution in [0.25, 0.3) is 0 Å². The van der Waals surface area contributed by atoms with Crippen LogP contribution in [0.2, 0.25) is 0 Å². The highest BCUT2D eigenvalue weighted by Crippen LogP contribution is 2.44. The van der Waals surface area contributed by atoms with Crippen molar-refractivity contribution in [2.75, 3.05) is 26.2 Å². The van der Waals surface area contributed by atoms with Gasteiger partial charge in [-0.3, -0.25) is 4.98 Å². The van der Waals surface area contributed by atoms with Crippen LogP contribution in [0.3, 0.4) is 0 Å². The number of likely N-dealkylation sites (tertiary alicyclic amines) is 1. The second-order valence-corrected chi connectivity index (χ2v) is 8.95. The Bertz CT molecular complexity index is 1070. The average molecular weight is 582 g/mol. The number of ether oxygens (including phenoxy) is 1. The maximum atomic E-state index is 10.6. The highest BCUT2D eigenvalue weighted by Gasteiger charge is 2.43. The summed E-state index contributed by atoms with van der Waals surface area (Å²) in [6.45, 7) is 3.71. The zero-order chi connectivity index (χ0) is 30.0. The maximum absolute atomic E-state index is 10.6. The van der Waals surface area contributed by atoms with Crippen molar-refractivity contribution in [2.45, 2.75) is 49.8 Å². The van der Waals surface area contributed by atoms with Gasteiger partial charge in [0.15, 0.2) is 0 Å². The molecule has 0 bridgehead atoms. The van der Waals surface area contributed by atoms with Crippen LogP contribution in [0, 0.1) is 0 Å². The summed E-state index contributed by atoms with van der Waals surface area (Å²) >= 11 is 0. The van der Waals surface area contributed by atoms with Gasteiger partial charge >= 0.3 is 24.3 Å². The highest BCUT2D eigenvalue weighted by atomic mass is 19.4. The van der Waals surface area contributed by atoms with Gasteiger partial charge in [0.1, 0.15) is 11.4 Å². The summed E-state index contributed by atoms with van der Waals surface area (Å²) in [5.41, 5.74) is 2.19. The zero-order valence-corrected chi connectivity index (χ0v) is 21.1. The van der Waals surface area contributed by atoms with Gasteiger partial charge in [0.05, 0.1) is 12.3 Å². The van der Waals surface area contributed by atoms with Crippen molar-refractivity contribution in [3.8, 4) is 5.75 Å². The number of hydrogen-bond donors (Lipinski definition) is 4. The van der Waals surface area contributed by atoms with Crippen LogP contribution in [0.1, 0.15) is 36.6 Å². The first-order valence-corrected chi connectivity index (χ1v) is 12.0. The van der Waals surface area contributed by atoms with Gasteiger partial charge in [0, 0.05) is 50.4 Å². The summed E-state index contributed by atoms with van der Waals surface area (Å²) in [6.07, 6.45) is -5.34. The van der Waals surface area contributed by atoms with E-state index >= 15 is 0 Å². The van der Waals surface area contributed by atoms with Crippen LogP contribution in [-0.2, 0) is 16.1 Å². The van der Waals surface area contributed by atoms with Crippen molar-refractivity contribution < 1.29 is 56.0 Å². The molecule has 2 aromatic rings. The lowest BCUT2D eigenvalue weighted by Gasteiger charge is -2.47. The molecule has 1 fully saturated rings. The first-order valence-electron chi connectivity index (χ1n) is 12.0. The lowest BCUT2D eigenvalue weighted by molar-refractivity contribution is -0.193. The lowest BCUT2D eigenvalue weighted by atomic mass is 9.80. The van der Waals surface area contributed by atoms with Crippen LogP contribution in [-0.4, -0.2) is 81.3 Å². The Morgan fingerprint density at radius 2 is 1.52 bits per heavy atom. The number of hydrogen-bond acceptors (Lipinski definition) is 7. The van der Waals surface area contributed by atoms with Gasteiger partial charge in [-0.15, -0.1) is 0 Å². The van der Waals surface area contributed by atoms with E-state index in [2.05, 4.69) is 45.5 Å². The van der Waals surface area contributed by atoms with E-state index in [1.165, 1.54) is 5.56 Å².